The van der Waals surface area contributed by atoms with Crippen molar-refractivity contribution in [2.75, 3.05) is 32.6 Å². The highest BCUT2D eigenvalue weighted by molar-refractivity contribution is 5.32. The summed E-state index contributed by atoms with van der Waals surface area (Å²) in [6.07, 6.45) is 5.44. The number of nitrogens with zero attached hydrogens (tertiary/aromatic N) is 3. The van der Waals surface area contributed by atoms with E-state index in [-0.39, 0.29) is 0 Å². The molecule has 1 unspecified atom stereocenters. The lowest BCUT2D eigenvalue weighted by molar-refractivity contribution is 0.434. The number of anilines is 1. The number of aromatic nitrogens is 2. The van der Waals surface area contributed by atoms with Gasteiger partial charge in [-0.05, 0) is 44.3 Å². The van der Waals surface area contributed by atoms with Gasteiger partial charge in [0, 0.05) is 26.0 Å². The number of nitrogens with one attached hydrogen (secondary N) is 1. The quantitative estimate of drug-likeness (QED) is 0.820. The van der Waals surface area contributed by atoms with Crippen molar-refractivity contribution in [2.45, 2.75) is 19.3 Å². The van der Waals surface area contributed by atoms with E-state index in [4.69, 9.17) is 0 Å². The fraction of sp³-hybridized carbons (Fsp3) is 0.667. The summed E-state index contributed by atoms with van der Waals surface area (Å²) >= 11 is 0. The standard InChI is InChI=1S/C12H20N4/c1-13-7-9-4-5-11-10(6-9)8-14-12(15-11)16(2)3/h8-9,13H,4-7H2,1-3H3. The minimum Gasteiger partial charge on any atom is -0.347 e. The molecule has 0 spiro atoms. The molecule has 1 N–H and O–H groups in total. The maximum Gasteiger partial charge on any atom is 0.224 e. The van der Waals surface area contributed by atoms with E-state index in [0.717, 1.165) is 31.3 Å². The maximum absolute atomic E-state index is 4.60. The van der Waals surface area contributed by atoms with Crippen LogP contribution >= 0.6 is 0 Å². The third kappa shape index (κ3) is 2.32. The molecule has 0 bridgehead atoms. The molecule has 4 nitrogen and oxygen atoms in total. The summed E-state index contributed by atoms with van der Waals surface area (Å²) in [4.78, 5) is 10.9. The summed E-state index contributed by atoms with van der Waals surface area (Å²) in [5.74, 6) is 1.57. The van der Waals surface area contributed by atoms with Gasteiger partial charge in [0.15, 0.2) is 0 Å². The van der Waals surface area contributed by atoms with Crippen molar-refractivity contribution < 1.29 is 0 Å². The Morgan fingerprint density at radius 3 is 3.00 bits per heavy atom. The van der Waals surface area contributed by atoms with Crippen LogP contribution in [0.2, 0.25) is 0 Å². The second kappa shape index (κ2) is 4.78. The Morgan fingerprint density at radius 1 is 1.50 bits per heavy atom. The van der Waals surface area contributed by atoms with Crippen LogP contribution in [-0.4, -0.2) is 37.7 Å². The van der Waals surface area contributed by atoms with E-state index in [1.54, 1.807) is 0 Å². The SMILES string of the molecule is CNCC1CCc2nc(N(C)C)ncc2C1. The van der Waals surface area contributed by atoms with Crippen molar-refractivity contribution in [3.8, 4) is 0 Å². The van der Waals surface area contributed by atoms with Gasteiger partial charge in [-0.1, -0.05) is 0 Å². The van der Waals surface area contributed by atoms with Crippen LogP contribution in [0.1, 0.15) is 17.7 Å². The van der Waals surface area contributed by atoms with Gasteiger partial charge in [-0.25, -0.2) is 9.97 Å². The van der Waals surface area contributed by atoms with E-state index in [1.807, 2.05) is 32.2 Å². The van der Waals surface area contributed by atoms with Crippen LogP contribution in [0.5, 0.6) is 0 Å². The molecule has 88 valence electrons. The monoisotopic (exact) mass is 220 g/mol. The summed E-state index contributed by atoms with van der Waals surface area (Å²) in [6.45, 7) is 1.09. The van der Waals surface area contributed by atoms with E-state index in [2.05, 4.69) is 15.3 Å². The van der Waals surface area contributed by atoms with Crippen LogP contribution < -0.4 is 10.2 Å². The Morgan fingerprint density at radius 2 is 2.31 bits per heavy atom. The van der Waals surface area contributed by atoms with Gasteiger partial charge in [-0.15, -0.1) is 0 Å². The molecule has 1 aromatic rings. The maximum atomic E-state index is 4.60. The molecule has 0 aromatic carbocycles. The third-order valence-electron chi connectivity index (χ3n) is 3.13. The van der Waals surface area contributed by atoms with Gasteiger partial charge in [0.2, 0.25) is 5.95 Å². The van der Waals surface area contributed by atoms with Crippen molar-refractivity contribution in [3.05, 3.63) is 17.5 Å². The van der Waals surface area contributed by atoms with E-state index < -0.39 is 0 Å². The Balaban J connectivity index is 2.15. The highest BCUT2D eigenvalue weighted by Gasteiger charge is 2.20. The minimum atomic E-state index is 0.742. The van der Waals surface area contributed by atoms with Crippen LogP contribution in [0.25, 0.3) is 0 Å². The number of aryl methyl sites for hydroxylation is 1. The smallest absolute Gasteiger partial charge is 0.224 e. The second-order valence-electron chi connectivity index (χ2n) is 4.70. The molecule has 16 heavy (non-hydrogen) atoms. The molecule has 1 heterocycles. The molecular weight excluding hydrogens is 200 g/mol. The fourth-order valence-electron chi connectivity index (χ4n) is 2.25. The van der Waals surface area contributed by atoms with Crippen LogP contribution in [0, 0.1) is 5.92 Å². The first-order valence-corrected chi connectivity index (χ1v) is 5.87. The average molecular weight is 220 g/mol. The molecule has 0 amide bonds. The van der Waals surface area contributed by atoms with Crippen molar-refractivity contribution in [1.29, 1.82) is 0 Å². The summed E-state index contributed by atoms with van der Waals surface area (Å²) in [5, 5.41) is 3.25. The van der Waals surface area contributed by atoms with Gasteiger partial charge in [-0.2, -0.15) is 0 Å². The first kappa shape index (κ1) is 11.3. The van der Waals surface area contributed by atoms with Gasteiger partial charge in [0.1, 0.15) is 0 Å². The molecule has 1 aromatic heterocycles. The fourth-order valence-corrected chi connectivity index (χ4v) is 2.25. The molecule has 1 atom stereocenters. The first-order chi connectivity index (χ1) is 7.70. The summed E-state index contributed by atoms with van der Waals surface area (Å²) in [7, 11) is 5.98. The highest BCUT2D eigenvalue weighted by atomic mass is 15.2. The number of fused-ring (bicyclic) bond motifs is 1. The lowest BCUT2D eigenvalue weighted by Crippen LogP contribution is -2.26. The predicted octanol–water partition coefficient (Wildman–Crippen LogP) is 0.867. The minimum absolute atomic E-state index is 0.742. The van der Waals surface area contributed by atoms with Crippen LogP contribution in [0.15, 0.2) is 6.20 Å². The van der Waals surface area contributed by atoms with Gasteiger partial charge >= 0.3 is 0 Å². The van der Waals surface area contributed by atoms with E-state index in [0.29, 0.717) is 0 Å². The molecule has 0 fully saturated rings. The molecule has 0 saturated carbocycles. The number of hydrogen-bond donors (Lipinski definition) is 1. The normalized spacial score (nSPS) is 19.3. The Kier molecular flexibility index (Phi) is 3.39. The molecule has 4 heteroatoms. The van der Waals surface area contributed by atoms with Crippen molar-refractivity contribution in [2.24, 2.45) is 5.92 Å². The summed E-state index contributed by atoms with van der Waals surface area (Å²) in [6, 6.07) is 0. The first-order valence-electron chi connectivity index (χ1n) is 5.87. The van der Waals surface area contributed by atoms with E-state index >= 15 is 0 Å². The van der Waals surface area contributed by atoms with Crippen molar-refractivity contribution in [1.82, 2.24) is 15.3 Å². The Hall–Kier alpha value is -1.16. The van der Waals surface area contributed by atoms with Crippen LogP contribution in [-0.2, 0) is 12.8 Å². The van der Waals surface area contributed by atoms with Gasteiger partial charge in [0.25, 0.3) is 0 Å². The largest absolute Gasteiger partial charge is 0.347 e. The second-order valence-corrected chi connectivity index (χ2v) is 4.70. The Labute approximate surface area is 97.1 Å². The van der Waals surface area contributed by atoms with Crippen molar-refractivity contribution >= 4 is 5.95 Å². The predicted molar refractivity (Wildman–Crippen MR) is 65.8 cm³/mol. The lowest BCUT2D eigenvalue weighted by atomic mass is 9.87. The number of hydrogen-bond acceptors (Lipinski definition) is 4. The summed E-state index contributed by atoms with van der Waals surface area (Å²) in [5.41, 5.74) is 2.57. The van der Waals surface area contributed by atoms with Crippen molar-refractivity contribution in [3.63, 3.8) is 0 Å². The molecule has 0 aliphatic heterocycles. The highest BCUT2D eigenvalue weighted by Crippen LogP contribution is 2.24. The molecule has 1 aliphatic rings. The average Bonchev–Trinajstić information content (AvgIpc) is 2.28. The molecule has 0 saturated heterocycles. The topological polar surface area (TPSA) is 41.1 Å². The van der Waals surface area contributed by atoms with Gasteiger partial charge in [-0.3, -0.25) is 0 Å². The zero-order valence-corrected chi connectivity index (χ0v) is 10.3. The zero-order chi connectivity index (χ0) is 11.5. The molecule has 0 radical (unpaired) electrons. The number of rotatable bonds is 3. The Bertz CT molecular complexity index is 362. The van der Waals surface area contributed by atoms with E-state index in [9.17, 15) is 0 Å². The third-order valence-corrected chi connectivity index (χ3v) is 3.13. The van der Waals surface area contributed by atoms with Crippen LogP contribution in [0.3, 0.4) is 0 Å². The molecular formula is C12H20N4. The zero-order valence-electron chi connectivity index (χ0n) is 10.3. The summed E-state index contributed by atoms with van der Waals surface area (Å²) < 4.78 is 0. The van der Waals surface area contributed by atoms with Crippen LogP contribution in [0.4, 0.5) is 5.95 Å². The van der Waals surface area contributed by atoms with Gasteiger partial charge in [0.05, 0.1) is 0 Å². The molecule has 2 rings (SSSR count). The lowest BCUT2D eigenvalue weighted by Gasteiger charge is -2.24. The van der Waals surface area contributed by atoms with Gasteiger partial charge < -0.3 is 10.2 Å². The van der Waals surface area contributed by atoms with E-state index in [1.165, 1.54) is 17.7 Å². The molecule has 1 aliphatic carbocycles.